The maximum atomic E-state index is 13.0. The Bertz CT molecular complexity index is 1120. The SMILES string of the molecule is Cc1ccc(S(=O)(=O)c2cc(NC(=O)CC(C)C)ccc2N)cc1S(=O)(=O)O. The minimum atomic E-state index is -4.60. The molecule has 0 aliphatic rings. The largest absolute Gasteiger partial charge is 0.398 e. The zero-order valence-electron chi connectivity index (χ0n) is 15.6. The van der Waals surface area contributed by atoms with Gasteiger partial charge in [0.15, 0.2) is 0 Å². The maximum Gasteiger partial charge on any atom is 0.294 e. The summed E-state index contributed by atoms with van der Waals surface area (Å²) in [6.45, 7) is 5.18. The van der Waals surface area contributed by atoms with E-state index >= 15 is 0 Å². The molecule has 8 nitrogen and oxygen atoms in total. The molecule has 0 heterocycles. The van der Waals surface area contributed by atoms with E-state index in [-0.39, 0.29) is 45.0 Å². The molecule has 2 aromatic carbocycles. The number of carbonyl (C=O) groups is 1. The van der Waals surface area contributed by atoms with Crippen LogP contribution in [0.3, 0.4) is 0 Å². The van der Waals surface area contributed by atoms with Gasteiger partial charge in [0.25, 0.3) is 10.1 Å². The minimum Gasteiger partial charge on any atom is -0.398 e. The summed E-state index contributed by atoms with van der Waals surface area (Å²) in [7, 11) is -8.80. The van der Waals surface area contributed by atoms with Crippen molar-refractivity contribution < 1.29 is 26.2 Å². The van der Waals surface area contributed by atoms with Gasteiger partial charge in [0.05, 0.1) is 20.4 Å². The van der Waals surface area contributed by atoms with Gasteiger partial charge < -0.3 is 11.1 Å². The van der Waals surface area contributed by atoms with E-state index < -0.39 is 24.9 Å². The molecule has 2 rings (SSSR count). The first-order chi connectivity index (χ1) is 12.8. The average Bonchev–Trinajstić information content (AvgIpc) is 2.54. The number of anilines is 2. The van der Waals surface area contributed by atoms with Crippen LogP contribution in [0.5, 0.6) is 0 Å². The quantitative estimate of drug-likeness (QED) is 0.476. The molecule has 0 aromatic heterocycles. The van der Waals surface area contributed by atoms with E-state index in [0.717, 1.165) is 6.07 Å². The highest BCUT2D eigenvalue weighted by molar-refractivity contribution is 7.91. The highest BCUT2D eigenvalue weighted by atomic mass is 32.2. The van der Waals surface area contributed by atoms with Crippen LogP contribution in [0.4, 0.5) is 11.4 Å². The van der Waals surface area contributed by atoms with Gasteiger partial charge in [0, 0.05) is 12.1 Å². The summed E-state index contributed by atoms with van der Waals surface area (Å²) in [6.07, 6.45) is 0.266. The Labute approximate surface area is 164 Å². The summed E-state index contributed by atoms with van der Waals surface area (Å²) in [5, 5.41) is 2.61. The molecule has 0 atom stereocenters. The summed E-state index contributed by atoms with van der Waals surface area (Å²) in [6, 6.07) is 7.42. The van der Waals surface area contributed by atoms with Gasteiger partial charge in [-0.2, -0.15) is 8.42 Å². The van der Waals surface area contributed by atoms with Crippen LogP contribution < -0.4 is 11.1 Å². The fourth-order valence-corrected chi connectivity index (χ4v) is 4.84. The highest BCUT2D eigenvalue weighted by Crippen LogP contribution is 2.30. The Morgan fingerprint density at radius 3 is 2.29 bits per heavy atom. The Balaban J connectivity index is 2.52. The number of hydrogen-bond donors (Lipinski definition) is 3. The molecule has 0 spiro atoms. The lowest BCUT2D eigenvalue weighted by Crippen LogP contribution is -2.15. The number of sulfone groups is 1. The fourth-order valence-electron chi connectivity index (χ4n) is 2.58. The second-order valence-corrected chi connectivity index (χ2v) is 10.1. The molecule has 0 bridgehead atoms. The van der Waals surface area contributed by atoms with Gasteiger partial charge in [-0.3, -0.25) is 9.35 Å². The number of nitrogen functional groups attached to an aromatic ring is 1. The minimum absolute atomic E-state index is 0.0594. The van der Waals surface area contributed by atoms with E-state index in [9.17, 15) is 26.2 Å². The second-order valence-electron chi connectivity index (χ2n) is 6.80. The molecular weight excluding hydrogens is 404 g/mol. The van der Waals surface area contributed by atoms with Crippen LogP contribution in [0.1, 0.15) is 25.8 Å². The van der Waals surface area contributed by atoms with Crippen molar-refractivity contribution in [2.24, 2.45) is 5.92 Å². The van der Waals surface area contributed by atoms with Gasteiger partial charge in [0.1, 0.15) is 0 Å². The lowest BCUT2D eigenvalue weighted by molar-refractivity contribution is -0.116. The third kappa shape index (κ3) is 4.89. The van der Waals surface area contributed by atoms with E-state index in [1.165, 1.54) is 37.3 Å². The molecule has 0 saturated heterocycles. The van der Waals surface area contributed by atoms with Crippen molar-refractivity contribution in [1.29, 1.82) is 0 Å². The van der Waals surface area contributed by atoms with Crippen molar-refractivity contribution in [1.82, 2.24) is 0 Å². The van der Waals surface area contributed by atoms with Crippen molar-refractivity contribution >= 4 is 37.2 Å². The summed E-state index contributed by atoms with van der Waals surface area (Å²) < 4.78 is 58.3. The maximum absolute atomic E-state index is 13.0. The monoisotopic (exact) mass is 426 g/mol. The van der Waals surface area contributed by atoms with Crippen molar-refractivity contribution in [2.45, 2.75) is 41.9 Å². The van der Waals surface area contributed by atoms with Crippen LogP contribution in [0.15, 0.2) is 51.1 Å². The van der Waals surface area contributed by atoms with Crippen molar-refractivity contribution in [3.05, 3.63) is 42.0 Å². The number of nitrogens with two attached hydrogens (primary N) is 1. The van der Waals surface area contributed by atoms with Crippen LogP contribution in [0, 0.1) is 12.8 Å². The third-order valence-electron chi connectivity index (χ3n) is 3.93. The number of carbonyl (C=O) groups excluding carboxylic acids is 1. The Hall–Kier alpha value is -2.43. The van der Waals surface area contributed by atoms with Crippen molar-refractivity contribution in [3.8, 4) is 0 Å². The zero-order chi connectivity index (χ0) is 21.3. The van der Waals surface area contributed by atoms with E-state index in [0.29, 0.717) is 0 Å². The molecule has 0 saturated carbocycles. The molecule has 0 aliphatic heterocycles. The highest BCUT2D eigenvalue weighted by Gasteiger charge is 2.24. The molecule has 0 unspecified atom stereocenters. The van der Waals surface area contributed by atoms with Gasteiger partial charge in [0.2, 0.25) is 15.7 Å². The van der Waals surface area contributed by atoms with Crippen LogP contribution in [-0.2, 0) is 24.7 Å². The Kier molecular flexibility index (Phi) is 6.17. The van der Waals surface area contributed by atoms with Gasteiger partial charge in [-0.15, -0.1) is 0 Å². The number of nitrogens with one attached hydrogen (secondary N) is 1. The molecule has 0 fully saturated rings. The van der Waals surface area contributed by atoms with Crippen LogP contribution in [0.2, 0.25) is 0 Å². The molecular formula is C18H22N2O6S2. The topological polar surface area (TPSA) is 144 Å². The third-order valence-corrected chi connectivity index (χ3v) is 6.73. The first kappa shape index (κ1) is 21.9. The molecule has 2 aromatic rings. The zero-order valence-corrected chi connectivity index (χ0v) is 17.3. The molecule has 1 amide bonds. The van der Waals surface area contributed by atoms with E-state index in [1.54, 1.807) is 0 Å². The summed E-state index contributed by atoms with van der Waals surface area (Å²) in [4.78, 5) is 10.8. The summed E-state index contributed by atoms with van der Waals surface area (Å²) >= 11 is 0. The standard InChI is InChI=1S/C18H22N2O6S2/c1-11(2)8-18(21)20-13-5-7-15(19)17(9-13)27(22,23)14-6-4-12(3)16(10-14)28(24,25)26/h4-7,9-11H,8,19H2,1-3H3,(H,20,21)(H,24,25,26). The second kappa shape index (κ2) is 7.90. The number of amides is 1. The summed E-state index contributed by atoms with van der Waals surface area (Å²) in [5.41, 5.74) is 6.21. The molecule has 0 radical (unpaired) electrons. The molecule has 0 aliphatic carbocycles. The number of hydrogen-bond acceptors (Lipinski definition) is 6. The van der Waals surface area contributed by atoms with Crippen molar-refractivity contribution in [2.75, 3.05) is 11.1 Å². The van der Waals surface area contributed by atoms with Crippen molar-refractivity contribution in [3.63, 3.8) is 0 Å². The van der Waals surface area contributed by atoms with E-state index in [1.807, 2.05) is 13.8 Å². The van der Waals surface area contributed by atoms with Gasteiger partial charge >= 0.3 is 0 Å². The normalized spacial score (nSPS) is 12.2. The first-order valence-corrected chi connectivity index (χ1v) is 11.3. The number of aryl methyl sites for hydroxylation is 1. The van der Waals surface area contributed by atoms with Crippen LogP contribution in [0.25, 0.3) is 0 Å². The van der Waals surface area contributed by atoms with E-state index in [4.69, 9.17) is 5.73 Å². The fraction of sp³-hybridized carbons (Fsp3) is 0.278. The molecule has 152 valence electrons. The Morgan fingerprint density at radius 1 is 1.07 bits per heavy atom. The summed E-state index contributed by atoms with van der Waals surface area (Å²) in [5.74, 6) is -0.143. The predicted octanol–water partition coefficient (Wildman–Crippen LogP) is 2.64. The Morgan fingerprint density at radius 2 is 1.71 bits per heavy atom. The molecule has 28 heavy (non-hydrogen) atoms. The van der Waals surface area contributed by atoms with Crippen LogP contribution >= 0.6 is 0 Å². The van der Waals surface area contributed by atoms with E-state index in [2.05, 4.69) is 5.32 Å². The molecule has 10 heteroatoms. The average molecular weight is 427 g/mol. The van der Waals surface area contributed by atoms with Gasteiger partial charge in [-0.1, -0.05) is 19.9 Å². The molecule has 4 N–H and O–H groups in total. The smallest absolute Gasteiger partial charge is 0.294 e. The van der Waals surface area contributed by atoms with Gasteiger partial charge in [-0.05, 0) is 48.7 Å². The predicted molar refractivity (Wildman–Crippen MR) is 105 cm³/mol. The number of benzene rings is 2. The van der Waals surface area contributed by atoms with Gasteiger partial charge in [-0.25, -0.2) is 8.42 Å². The number of rotatable bonds is 6. The lowest BCUT2D eigenvalue weighted by Gasteiger charge is -2.13. The van der Waals surface area contributed by atoms with Crippen LogP contribution in [-0.4, -0.2) is 27.3 Å². The first-order valence-electron chi connectivity index (χ1n) is 8.35. The lowest BCUT2D eigenvalue weighted by atomic mass is 10.1.